The van der Waals surface area contributed by atoms with Crippen molar-refractivity contribution < 1.29 is 8.42 Å². The van der Waals surface area contributed by atoms with E-state index in [0.717, 1.165) is 14.8 Å². The molecule has 0 saturated heterocycles. The summed E-state index contributed by atoms with van der Waals surface area (Å²) >= 11 is 8.28. The molecule has 0 saturated carbocycles. The highest BCUT2D eigenvalue weighted by Crippen LogP contribution is 2.41. The number of benzene rings is 2. The second kappa shape index (κ2) is 7.76. The van der Waals surface area contributed by atoms with E-state index in [2.05, 4.69) is 58.3 Å². The van der Waals surface area contributed by atoms with Crippen LogP contribution in [0.4, 0.5) is 5.69 Å². The summed E-state index contributed by atoms with van der Waals surface area (Å²) in [7, 11) is -3.75. The van der Waals surface area contributed by atoms with Gasteiger partial charge >= 0.3 is 0 Å². The number of anilines is 1. The number of halogens is 2. The van der Waals surface area contributed by atoms with Gasteiger partial charge in [0.2, 0.25) is 0 Å². The zero-order chi connectivity index (χ0) is 20.7. The number of nitrogens with one attached hydrogen (secondary N) is 1. The molecule has 0 spiro atoms. The second-order valence-corrected chi connectivity index (χ2v) is 10.8. The number of azo groups is 1. The van der Waals surface area contributed by atoms with Crippen LogP contribution in [-0.2, 0) is 15.4 Å². The van der Waals surface area contributed by atoms with Crippen molar-refractivity contribution in [3.63, 3.8) is 0 Å². The lowest BCUT2D eigenvalue weighted by atomic mass is 9.87. The standard InChI is InChI=1S/C20H21ClIN3O2S/c1-12-18(23-24-19(12)22)16-11-14(21)7-10-17(16)25-28(26,27)15-8-5-13(6-9-15)20(2,3)4/h5-11,18,25H,1-4H3. The largest absolute Gasteiger partial charge is 0.279 e. The summed E-state index contributed by atoms with van der Waals surface area (Å²) in [6.07, 6.45) is 0. The molecule has 0 aliphatic carbocycles. The summed E-state index contributed by atoms with van der Waals surface area (Å²) < 4.78 is 29.4. The molecule has 5 nitrogen and oxygen atoms in total. The van der Waals surface area contributed by atoms with E-state index in [9.17, 15) is 8.42 Å². The predicted octanol–water partition coefficient (Wildman–Crippen LogP) is 6.61. The Bertz CT molecular complexity index is 1070. The van der Waals surface area contributed by atoms with E-state index in [-0.39, 0.29) is 16.4 Å². The van der Waals surface area contributed by atoms with Gasteiger partial charge in [-0.05, 0) is 76.4 Å². The van der Waals surface area contributed by atoms with Gasteiger partial charge in [-0.15, -0.1) is 5.11 Å². The van der Waals surface area contributed by atoms with Crippen LogP contribution in [0.5, 0.6) is 0 Å². The van der Waals surface area contributed by atoms with E-state index in [1.807, 2.05) is 19.1 Å². The van der Waals surface area contributed by atoms with Crippen molar-refractivity contribution in [3.05, 3.63) is 67.9 Å². The molecule has 148 valence electrons. The first-order chi connectivity index (χ1) is 13.0. The SMILES string of the molecule is CC1=C(I)N=NC1c1cc(Cl)ccc1NS(=O)(=O)c1ccc(C(C)(C)C)cc1. The number of rotatable bonds is 4. The second-order valence-electron chi connectivity index (χ2n) is 7.70. The van der Waals surface area contributed by atoms with Crippen LogP contribution in [0.3, 0.4) is 0 Å². The first kappa shape index (κ1) is 21.3. The minimum absolute atomic E-state index is 0.0481. The highest BCUT2D eigenvalue weighted by atomic mass is 127. The summed E-state index contributed by atoms with van der Waals surface area (Å²) in [5.41, 5.74) is 3.10. The zero-order valence-electron chi connectivity index (χ0n) is 16.0. The van der Waals surface area contributed by atoms with Gasteiger partial charge in [0.1, 0.15) is 9.75 Å². The fourth-order valence-electron chi connectivity index (χ4n) is 2.87. The van der Waals surface area contributed by atoms with Crippen LogP contribution < -0.4 is 4.72 Å². The summed E-state index contributed by atoms with van der Waals surface area (Å²) in [5.74, 6) is 0. The normalized spacial score (nSPS) is 17.3. The molecule has 3 rings (SSSR count). The van der Waals surface area contributed by atoms with Crippen LogP contribution in [0.25, 0.3) is 0 Å². The predicted molar refractivity (Wildman–Crippen MR) is 122 cm³/mol. The fraction of sp³-hybridized carbons (Fsp3) is 0.300. The molecule has 8 heteroatoms. The molecule has 2 aromatic carbocycles. The molecule has 1 aliphatic heterocycles. The minimum Gasteiger partial charge on any atom is -0.279 e. The van der Waals surface area contributed by atoms with Gasteiger partial charge in [0.05, 0.1) is 10.6 Å². The molecule has 0 fully saturated rings. The average molecular weight is 530 g/mol. The van der Waals surface area contributed by atoms with Gasteiger partial charge in [-0.25, -0.2) is 8.42 Å². The van der Waals surface area contributed by atoms with Crippen LogP contribution >= 0.6 is 34.2 Å². The van der Waals surface area contributed by atoms with Gasteiger partial charge in [0.25, 0.3) is 10.0 Å². The molecule has 28 heavy (non-hydrogen) atoms. The Balaban J connectivity index is 1.96. The Morgan fingerprint density at radius 3 is 2.29 bits per heavy atom. The summed E-state index contributed by atoms with van der Waals surface area (Å²) in [6.45, 7) is 8.18. The van der Waals surface area contributed by atoms with Crippen molar-refractivity contribution in [1.82, 2.24) is 0 Å². The zero-order valence-corrected chi connectivity index (χ0v) is 19.7. The molecule has 0 bridgehead atoms. The van der Waals surface area contributed by atoms with Gasteiger partial charge in [-0.3, -0.25) is 4.72 Å². The van der Waals surface area contributed by atoms with Crippen LogP contribution in [0.2, 0.25) is 5.02 Å². The number of hydrogen-bond donors (Lipinski definition) is 1. The molecular formula is C20H21ClIN3O2S. The van der Waals surface area contributed by atoms with E-state index < -0.39 is 10.0 Å². The van der Waals surface area contributed by atoms with Gasteiger partial charge in [0.15, 0.2) is 0 Å². The molecule has 0 amide bonds. The van der Waals surface area contributed by atoms with Crippen molar-refractivity contribution in [3.8, 4) is 0 Å². The smallest absolute Gasteiger partial charge is 0.261 e. The molecule has 2 aromatic rings. The molecule has 1 N–H and O–H groups in total. The maximum Gasteiger partial charge on any atom is 0.261 e. The van der Waals surface area contributed by atoms with Crippen molar-refractivity contribution >= 4 is 49.9 Å². The van der Waals surface area contributed by atoms with Crippen LogP contribution in [0, 0.1) is 0 Å². The molecule has 1 aliphatic rings. The highest BCUT2D eigenvalue weighted by Gasteiger charge is 2.26. The molecule has 1 unspecified atom stereocenters. The van der Waals surface area contributed by atoms with E-state index >= 15 is 0 Å². The Morgan fingerprint density at radius 2 is 1.75 bits per heavy atom. The van der Waals surface area contributed by atoms with Crippen molar-refractivity contribution in [1.29, 1.82) is 0 Å². The van der Waals surface area contributed by atoms with Gasteiger partial charge < -0.3 is 0 Å². The third kappa shape index (κ3) is 4.41. The van der Waals surface area contributed by atoms with Gasteiger partial charge in [-0.2, -0.15) is 5.11 Å². The Hall–Kier alpha value is -1.45. The van der Waals surface area contributed by atoms with Gasteiger partial charge in [-0.1, -0.05) is 44.5 Å². The van der Waals surface area contributed by atoms with Gasteiger partial charge in [0, 0.05) is 10.6 Å². The lowest BCUT2D eigenvalue weighted by Crippen LogP contribution is -2.16. The molecule has 0 radical (unpaired) electrons. The lowest BCUT2D eigenvalue weighted by Gasteiger charge is -2.20. The minimum atomic E-state index is -3.75. The average Bonchev–Trinajstić information content (AvgIpc) is 2.95. The number of nitrogens with zero attached hydrogens (tertiary/aromatic N) is 2. The Kier molecular flexibility index (Phi) is 5.89. The summed E-state index contributed by atoms with van der Waals surface area (Å²) in [4.78, 5) is 0.205. The van der Waals surface area contributed by atoms with Crippen LogP contribution in [0.1, 0.15) is 44.9 Å². The van der Waals surface area contributed by atoms with Crippen molar-refractivity contribution in [2.24, 2.45) is 10.2 Å². The van der Waals surface area contributed by atoms with E-state index in [0.29, 0.717) is 16.3 Å². The molecule has 1 heterocycles. The van der Waals surface area contributed by atoms with E-state index in [1.165, 1.54) is 0 Å². The van der Waals surface area contributed by atoms with E-state index in [4.69, 9.17) is 11.6 Å². The summed E-state index contributed by atoms with van der Waals surface area (Å²) in [6, 6.07) is 11.6. The first-order valence-corrected chi connectivity index (χ1v) is 11.6. The Labute approximate surface area is 184 Å². The quantitative estimate of drug-likeness (QED) is 0.357. The molecule has 1 atom stereocenters. The Morgan fingerprint density at radius 1 is 1.11 bits per heavy atom. The van der Waals surface area contributed by atoms with E-state index in [1.54, 1.807) is 30.3 Å². The summed E-state index contributed by atoms with van der Waals surface area (Å²) in [5, 5.41) is 8.88. The topological polar surface area (TPSA) is 70.9 Å². The number of sulfonamides is 1. The third-order valence-electron chi connectivity index (χ3n) is 4.58. The molecule has 0 aromatic heterocycles. The molecular weight excluding hydrogens is 509 g/mol. The first-order valence-electron chi connectivity index (χ1n) is 8.69. The third-order valence-corrected chi connectivity index (χ3v) is 7.26. The maximum atomic E-state index is 12.9. The van der Waals surface area contributed by atoms with Crippen molar-refractivity contribution in [2.45, 2.75) is 44.0 Å². The van der Waals surface area contributed by atoms with Crippen LogP contribution in [0.15, 0.2) is 66.9 Å². The number of hydrogen-bond acceptors (Lipinski definition) is 4. The maximum absolute atomic E-state index is 12.9. The van der Waals surface area contributed by atoms with Crippen LogP contribution in [-0.4, -0.2) is 8.42 Å². The monoisotopic (exact) mass is 529 g/mol. The van der Waals surface area contributed by atoms with Crippen molar-refractivity contribution in [2.75, 3.05) is 4.72 Å². The highest BCUT2D eigenvalue weighted by molar-refractivity contribution is 14.1. The lowest BCUT2D eigenvalue weighted by molar-refractivity contribution is 0.587. The fourth-order valence-corrected chi connectivity index (χ4v) is 4.56.